The van der Waals surface area contributed by atoms with Crippen molar-refractivity contribution in [2.24, 2.45) is 0 Å². The molecule has 4 aromatic rings. The van der Waals surface area contributed by atoms with Crippen LogP contribution in [-0.4, -0.2) is 9.97 Å². The molecule has 0 saturated heterocycles. The van der Waals surface area contributed by atoms with Gasteiger partial charge in [0.1, 0.15) is 5.58 Å². The minimum Gasteiger partial charge on any atom is -0.437 e. The zero-order valence-corrected chi connectivity index (χ0v) is 12.1. The Morgan fingerprint density at radius 2 is 1.95 bits per heavy atom. The Morgan fingerprint density at radius 3 is 2.81 bits per heavy atom. The topological polar surface area (TPSA) is 38.9 Å². The van der Waals surface area contributed by atoms with Gasteiger partial charge in [-0.15, -0.1) is 0 Å². The molecule has 4 heteroatoms. The number of nitrogens with zero attached hydrogens (tertiary/aromatic N) is 2. The van der Waals surface area contributed by atoms with E-state index in [4.69, 9.17) is 16.0 Å². The maximum Gasteiger partial charge on any atom is 0.227 e. The second-order valence-corrected chi connectivity index (χ2v) is 5.39. The summed E-state index contributed by atoms with van der Waals surface area (Å²) < 4.78 is 5.96. The molecule has 0 spiro atoms. The molecule has 0 bridgehead atoms. The Hall–Kier alpha value is -2.39. The molecular formula is C17H11ClN2O. The lowest BCUT2D eigenvalue weighted by Crippen LogP contribution is -1.83. The van der Waals surface area contributed by atoms with Gasteiger partial charge >= 0.3 is 0 Å². The summed E-state index contributed by atoms with van der Waals surface area (Å²) >= 11 is 6.06. The van der Waals surface area contributed by atoms with Gasteiger partial charge < -0.3 is 4.42 Å². The highest BCUT2D eigenvalue weighted by molar-refractivity contribution is 6.30. The van der Waals surface area contributed by atoms with Crippen LogP contribution in [0.4, 0.5) is 0 Å². The van der Waals surface area contributed by atoms with Crippen LogP contribution in [0.3, 0.4) is 0 Å². The molecule has 0 radical (unpaired) electrons. The van der Waals surface area contributed by atoms with Gasteiger partial charge in [0.2, 0.25) is 5.71 Å². The lowest BCUT2D eigenvalue weighted by molar-refractivity contribution is 0.653. The second kappa shape index (κ2) is 4.57. The Morgan fingerprint density at radius 1 is 1.05 bits per heavy atom. The van der Waals surface area contributed by atoms with E-state index in [2.05, 4.69) is 9.97 Å². The SMILES string of the molecule is Cc1ccc2c(n1)oc1c(-c3cc(Cl)ccn3)cccc12. The number of fused-ring (bicyclic) bond motifs is 3. The highest BCUT2D eigenvalue weighted by Crippen LogP contribution is 2.34. The fraction of sp³-hybridized carbons (Fsp3) is 0.0588. The van der Waals surface area contributed by atoms with Gasteiger partial charge in [-0.25, -0.2) is 4.98 Å². The van der Waals surface area contributed by atoms with E-state index >= 15 is 0 Å². The number of hydrogen-bond donors (Lipinski definition) is 0. The predicted octanol–water partition coefficient (Wildman–Crippen LogP) is 5.00. The molecule has 0 N–H and O–H groups in total. The number of halogens is 1. The number of hydrogen-bond acceptors (Lipinski definition) is 3. The average Bonchev–Trinajstić information content (AvgIpc) is 2.84. The van der Waals surface area contributed by atoms with Gasteiger partial charge in [0.15, 0.2) is 0 Å². The summed E-state index contributed by atoms with van der Waals surface area (Å²) in [5, 5.41) is 2.71. The number of aromatic nitrogens is 2. The van der Waals surface area contributed by atoms with Gasteiger partial charge in [0, 0.05) is 33.2 Å². The van der Waals surface area contributed by atoms with E-state index < -0.39 is 0 Å². The summed E-state index contributed by atoms with van der Waals surface area (Å²) in [7, 11) is 0. The van der Waals surface area contributed by atoms with Crippen LogP contribution in [0.25, 0.3) is 33.3 Å². The molecule has 3 heterocycles. The van der Waals surface area contributed by atoms with Gasteiger partial charge in [-0.05, 0) is 37.3 Å². The standard InChI is InChI=1S/C17H11ClN2O/c1-10-5-6-13-12-3-2-4-14(16(12)21-17(13)20-10)15-9-11(18)7-8-19-15/h2-9H,1H3. The molecule has 102 valence electrons. The van der Waals surface area contributed by atoms with E-state index in [1.807, 2.05) is 43.3 Å². The van der Waals surface area contributed by atoms with Gasteiger partial charge in [-0.1, -0.05) is 23.7 Å². The molecule has 0 unspecified atom stereocenters. The Labute approximate surface area is 126 Å². The predicted molar refractivity (Wildman–Crippen MR) is 84.5 cm³/mol. The van der Waals surface area contributed by atoms with E-state index in [1.165, 1.54) is 0 Å². The molecule has 3 aromatic heterocycles. The summed E-state index contributed by atoms with van der Waals surface area (Å²) in [6, 6.07) is 13.6. The fourth-order valence-electron chi connectivity index (χ4n) is 2.53. The van der Waals surface area contributed by atoms with Crippen molar-refractivity contribution in [1.82, 2.24) is 9.97 Å². The largest absolute Gasteiger partial charge is 0.437 e. The molecule has 3 nitrogen and oxygen atoms in total. The first kappa shape index (κ1) is 12.4. The zero-order chi connectivity index (χ0) is 14.4. The minimum atomic E-state index is 0.652. The third-order valence-electron chi connectivity index (χ3n) is 3.50. The molecule has 0 atom stereocenters. The molecule has 0 amide bonds. The zero-order valence-electron chi connectivity index (χ0n) is 11.3. The van der Waals surface area contributed by atoms with Crippen LogP contribution in [0.5, 0.6) is 0 Å². The quantitative estimate of drug-likeness (QED) is 0.495. The van der Waals surface area contributed by atoms with Crippen molar-refractivity contribution in [3.8, 4) is 11.3 Å². The van der Waals surface area contributed by atoms with E-state index in [-0.39, 0.29) is 0 Å². The van der Waals surface area contributed by atoms with E-state index in [1.54, 1.807) is 12.3 Å². The van der Waals surface area contributed by atoms with Crippen LogP contribution in [-0.2, 0) is 0 Å². The summed E-state index contributed by atoms with van der Waals surface area (Å²) in [4.78, 5) is 8.83. The van der Waals surface area contributed by atoms with E-state index in [9.17, 15) is 0 Å². The van der Waals surface area contributed by atoms with Crippen molar-refractivity contribution >= 4 is 33.7 Å². The third-order valence-corrected chi connectivity index (χ3v) is 3.74. The number of furan rings is 1. The summed E-state index contributed by atoms with van der Waals surface area (Å²) in [5.74, 6) is 0. The van der Waals surface area contributed by atoms with Crippen LogP contribution >= 0.6 is 11.6 Å². The Kier molecular flexibility index (Phi) is 2.69. The molecule has 0 aliphatic heterocycles. The lowest BCUT2D eigenvalue weighted by atomic mass is 10.1. The number of aryl methyl sites for hydroxylation is 1. The molecule has 21 heavy (non-hydrogen) atoms. The molecule has 0 aliphatic rings. The molecule has 1 aromatic carbocycles. The molecule has 0 fully saturated rings. The maximum atomic E-state index is 6.06. The average molecular weight is 295 g/mol. The minimum absolute atomic E-state index is 0.652. The number of benzene rings is 1. The van der Waals surface area contributed by atoms with Crippen molar-refractivity contribution in [2.45, 2.75) is 6.92 Å². The molecule has 0 aliphatic carbocycles. The Balaban J connectivity index is 2.08. The van der Waals surface area contributed by atoms with Crippen molar-refractivity contribution in [2.75, 3.05) is 0 Å². The first-order chi connectivity index (χ1) is 10.2. The van der Waals surface area contributed by atoms with Gasteiger partial charge in [0.05, 0.1) is 5.69 Å². The van der Waals surface area contributed by atoms with Crippen LogP contribution in [0.2, 0.25) is 5.02 Å². The van der Waals surface area contributed by atoms with Gasteiger partial charge in [-0.2, -0.15) is 0 Å². The Bertz CT molecular complexity index is 975. The highest BCUT2D eigenvalue weighted by Gasteiger charge is 2.13. The number of para-hydroxylation sites is 1. The monoisotopic (exact) mass is 294 g/mol. The van der Waals surface area contributed by atoms with Crippen LogP contribution in [0, 0.1) is 6.92 Å². The van der Waals surface area contributed by atoms with E-state index in [0.717, 1.165) is 33.3 Å². The van der Waals surface area contributed by atoms with Gasteiger partial charge in [-0.3, -0.25) is 4.98 Å². The van der Waals surface area contributed by atoms with Crippen molar-refractivity contribution in [3.63, 3.8) is 0 Å². The van der Waals surface area contributed by atoms with Crippen LogP contribution in [0.15, 0.2) is 53.1 Å². The summed E-state index contributed by atoms with van der Waals surface area (Å²) in [6.45, 7) is 1.95. The van der Waals surface area contributed by atoms with Gasteiger partial charge in [0.25, 0.3) is 0 Å². The highest BCUT2D eigenvalue weighted by atomic mass is 35.5. The first-order valence-electron chi connectivity index (χ1n) is 6.63. The first-order valence-corrected chi connectivity index (χ1v) is 7.01. The van der Waals surface area contributed by atoms with E-state index in [0.29, 0.717) is 10.7 Å². The fourth-order valence-corrected chi connectivity index (χ4v) is 2.68. The smallest absolute Gasteiger partial charge is 0.227 e. The van der Waals surface area contributed by atoms with Crippen molar-refractivity contribution in [1.29, 1.82) is 0 Å². The van der Waals surface area contributed by atoms with Crippen molar-refractivity contribution < 1.29 is 4.42 Å². The number of rotatable bonds is 1. The molecular weight excluding hydrogens is 284 g/mol. The summed E-state index contributed by atoms with van der Waals surface area (Å²) in [5.41, 5.74) is 4.10. The molecule has 4 rings (SSSR count). The summed E-state index contributed by atoms with van der Waals surface area (Å²) in [6.07, 6.45) is 1.70. The van der Waals surface area contributed by atoms with Crippen molar-refractivity contribution in [3.05, 3.63) is 59.4 Å². The van der Waals surface area contributed by atoms with Crippen LogP contribution in [0.1, 0.15) is 5.69 Å². The van der Waals surface area contributed by atoms with Crippen LogP contribution < -0.4 is 0 Å². The normalized spacial score (nSPS) is 11.3. The third kappa shape index (κ3) is 1.98. The lowest BCUT2D eigenvalue weighted by Gasteiger charge is -2.01. The molecule has 0 saturated carbocycles. The second-order valence-electron chi connectivity index (χ2n) is 4.95. The maximum absolute atomic E-state index is 6.06. The number of pyridine rings is 2.